The van der Waals surface area contributed by atoms with Crippen molar-refractivity contribution in [3.8, 4) is 0 Å². The molecule has 0 N–H and O–H groups in total. The first-order valence-corrected chi connectivity index (χ1v) is 5.03. The molecular formula is C10H22N2O. The molecule has 0 spiro atoms. The third-order valence-corrected chi connectivity index (χ3v) is 1.71. The lowest BCUT2D eigenvalue weighted by Crippen LogP contribution is -2.16. The van der Waals surface area contributed by atoms with E-state index in [2.05, 4.69) is 31.1 Å². The summed E-state index contributed by atoms with van der Waals surface area (Å²) < 4.78 is 0. The average Bonchev–Trinajstić information content (AvgIpc) is 2.09. The Bertz CT molecular complexity index is 144. The van der Waals surface area contributed by atoms with Gasteiger partial charge in [0.05, 0.1) is 5.71 Å². The highest BCUT2D eigenvalue weighted by Gasteiger charge is 2.00. The highest BCUT2D eigenvalue weighted by atomic mass is 16.6. The summed E-state index contributed by atoms with van der Waals surface area (Å²) in [5.41, 5.74) is 1.18. The van der Waals surface area contributed by atoms with E-state index in [1.54, 1.807) is 0 Å². The van der Waals surface area contributed by atoms with Gasteiger partial charge in [0.1, 0.15) is 6.61 Å². The number of oxime groups is 1. The van der Waals surface area contributed by atoms with Gasteiger partial charge in [0.2, 0.25) is 0 Å². The van der Waals surface area contributed by atoms with Gasteiger partial charge in [-0.2, -0.15) is 0 Å². The van der Waals surface area contributed by atoms with Crippen LogP contribution in [0.4, 0.5) is 0 Å². The lowest BCUT2D eigenvalue weighted by Gasteiger charge is -2.10. The molecular weight excluding hydrogens is 164 g/mol. The highest BCUT2D eigenvalue weighted by molar-refractivity contribution is 5.84. The summed E-state index contributed by atoms with van der Waals surface area (Å²) in [4.78, 5) is 7.21. The highest BCUT2D eigenvalue weighted by Crippen LogP contribution is 1.99. The van der Waals surface area contributed by atoms with E-state index in [-0.39, 0.29) is 0 Å². The third kappa shape index (κ3) is 7.78. The van der Waals surface area contributed by atoms with Crippen molar-refractivity contribution >= 4 is 5.71 Å². The Morgan fingerprint density at radius 1 is 1.23 bits per heavy atom. The zero-order valence-electron chi connectivity index (χ0n) is 9.34. The first kappa shape index (κ1) is 12.4. The molecule has 0 aromatic heterocycles. The van der Waals surface area contributed by atoms with Crippen molar-refractivity contribution in [2.45, 2.75) is 33.1 Å². The lowest BCUT2D eigenvalue weighted by atomic mass is 10.1. The monoisotopic (exact) mass is 186 g/mol. The molecule has 3 nitrogen and oxygen atoms in total. The van der Waals surface area contributed by atoms with Crippen LogP contribution in [0, 0.1) is 0 Å². The summed E-state index contributed by atoms with van der Waals surface area (Å²) in [6.45, 7) is 5.83. The molecule has 0 aromatic rings. The molecule has 0 unspecified atom stereocenters. The Kier molecular flexibility index (Phi) is 7.69. The van der Waals surface area contributed by atoms with E-state index in [0.29, 0.717) is 6.61 Å². The second-order valence-corrected chi connectivity index (χ2v) is 3.38. The minimum absolute atomic E-state index is 0.662. The van der Waals surface area contributed by atoms with E-state index >= 15 is 0 Å². The van der Waals surface area contributed by atoms with Gasteiger partial charge in [0, 0.05) is 13.0 Å². The van der Waals surface area contributed by atoms with E-state index in [1.807, 2.05) is 6.92 Å². The van der Waals surface area contributed by atoms with Crippen LogP contribution < -0.4 is 0 Å². The fourth-order valence-electron chi connectivity index (χ4n) is 1.01. The second-order valence-electron chi connectivity index (χ2n) is 3.38. The quantitative estimate of drug-likeness (QED) is 0.449. The van der Waals surface area contributed by atoms with Gasteiger partial charge in [0.15, 0.2) is 0 Å². The molecule has 0 saturated heterocycles. The second kappa shape index (κ2) is 8.05. The maximum absolute atomic E-state index is 5.05. The van der Waals surface area contributed by atoms with Crippen LogP contribution in [0.2, 0.25) is 0 Å². The molecule has 0 saturated carbocycles. The normalized spacial score (nSPS) is 12.2. The van der Waals surface area contributed by atoms with Crippen molar-refractivity contribution in [3.63, 3.8) is 0 Å². The maximum atomic E-state index is 5.05. The van der Waals surface area contributed by atoms with Crippen molar-refractivity contribution in [1.29, 1.82) is 0 Å². The molecule has 0 atom stereocenters. The fourth-order valence-corrected chi connectivity index (χ4v) is 1.01. The zero-order valence-corrected chi connectivity index (χ0v) is 9.34. The SMILES string of the molecule is CCCC(CCN(C)C)=NOCC. The van der Waals surface area contributed by atoms with Crippen molar-refractivity contribution in [2.75, 3.05) is 27.2 Å². The molecule has 0 bridgehead atoms. The van der Waals surface area contributed by atoms with Crippen LogP contribution in [-0.4, -0.2) is 37.9 Å². The zero-order chi connectivity index (χ0) is 10.1. The summed E-state index contributed by atoms with van der Waals surface area (Å²) in [5, 5.41) is 4.09. The van der Waals surface area contributed by atoms with Gasteiger partial charge in [-0.3, -0.25) is 0 Å². The predicted molar refractivity (Wildman–Crippen MR) is 57.1 cm³/mol. The molecule has 0 radical (unpaired) electrons. The van der Waals surface area contributed by atoms with Crippen LogP contribution in [0.1, 0.15) is 33.1 Å². The smallest absolute Gasteiger partial charge is 0.114 e. The van der Waals surface area contributed by atoms with Crippen molar-refractivity contribution < 1.29 is 4.84 Å². The van der Waals surface area contributed by atoms with Crippen molar-refractivity contribution in [3.05, 3.63) is 0 Å². The van der Waals surface area contributed by atoms with Gasteiger partial charge in [-0.1, -0.05) is 18.5 Å². The van der Waals surface area contributed by atoms with Crippen LogP contribution >= 0.6 is 0 Å². The average molecular weight is 186 g/mol. The van der Waals surface area contributed by atoms with Gasteiger partial charge in [0.25, 0.3) is 0 Å². The van der Waals surface area contributed by atoms with Crippen LogP contribution in [0.25, 0.3) is 0 Å². The summed E-state index contributed by atoms with van der Waals surface area (Å²) in [5.74, 6) is 0. The number of rotatable bonds is 7. The largest absolute Gasteiger partial charge is 0.396 e. The van der Waals surface area contributed by atoms with E-state index in [9.17, 15) is 0 Å². The van der Waals surface area contributed by atoms with Crippen LogP contribution in [-0.2, 0) is 4.84 Å². The first-order valence-electron chi connectivity index (χ1n) is 5.03. The van der Waals surface area contributed by atoms with Crippen molar-refractivity contribution in [2.24, 2.45) is 5.16 Å². The van der Waals surface area contributed by atoms with Gasteiger partial charge >= 0.3 is 0 Å². The Balaban J connectivity index is 3.79. The Morgan fingerprint density at radius 3 is 2.38 bits per heavy atom. The van der Waals surface area contributed by atoms with Gasteiger partial charge in [-0.15, -0.1) is 0 Å². The molecule has 13 heavy (non-hydrogen) atoms. The molecule has 0 heterocycles. The van der Waals surface area contributed by atoms with Gasteiger partial charge in [-0.05, 0) is 27.4 Å². The van der Waals surface area contributed by atoms with Gasteiger partial charge < -0.3 is 9.74 Å². The fraction of sp³-hybridized carbons (Fsp3) is 0.900. The molecule has 0 aliphatic heterocycles. The molecule has 0 aromatic carbocycles. The summed E-state index contributed by atoms with van der Waals surface area (Å²) in [7, 11) is 4.15. The lowest BCUT2D eigenvalue weighted by molar-refractivity contribution is 0.157. The first-order chi connectivity index (χ1) is 6.20. The Morgan fingerprint density at radius 2 is 1.92 bits per heavy atom. The number of hydrogen-bond acceptors (Lipinski definition) is 3. The summed E-state index contributed by atoms with van der Waals surface area (Å²) >= 11 is 0. The summed E-state index contributed by atoms with van der Waals surface area (Å²) in [6.07, 6.45) is 3.20. The van der Waals surface area contributed by atoms with E-state index < -0.39 is 0 Å². The molecule has 0 amide bonds. The molecule has 0 aliphatic carbocycles. The summed E-state index contributed by atoms with van der Waals surface area (Å²) in [6, 6.07) is 0. The Labute approximate surface area is 81.7 Å². The molecule has 0 rings (SSSR count). The van der Waals surface area contributed by atoms with E-state index in [0.717, 1.165) is 25.8 Å². The van der Waals surface area contributed by atoms with Crippen molar-refractivity contribution in [1.82, 2.24) is 4.90 Å². The number of hydrogen-bond donors (Lipinski definition) is 0. The standard InChI is InChI=1S/C10H22N2O/c1-5-7-10(11-13-6-2)8-9-12(3)4/h5-9H2,1-4H3. The third-order valence-electron chi connectivity index (χ3n) is 1.71. The molecule has 3 heteroatoms. The minimum atomic E-state index is 0.662. The van der Waals surface area contributed by atoms with E-state index in [4.69, 9.17) is 4.84 Å². The Hall–Kier alpha value is -0.570. The van der Waals surface area contributed by atoms with Crippen LogP contribution in [0.5, 0.6) is 0 Å². The van der Waals surface area contributed by atoms with Gasteiger partial charge in [-0.25, -0.2) is 0 Å². The molecule has 0 aliphatic rings. The minimum Gasteiger partial charge on any atom is -0.396 e. The van der Waals surface area contributed by atoms with Crippen LogP contribution in [0.3, 0.4) is 0 Å². The molecule has 78 valence electrons. The maximum Gasteiger partial charge on any atom is 0.114 e. The molecule has 0 fully saturated rings. The number of nitrogens with zero attached hydrogens (tertiary/aromatic N) is 2. The predicted octanol–water partition coefficient (Wildman–Crippen LogP) is 2.13. The van der Waals surface area contributed by atoms with E-state index in [1.165, 1.54) is 5.71 Å². The topological polar surface area (TPSA) is 24.8 Å². The van der Waals surface area contributed by atoms with Crippen LogP contribution in [0.15, 0.2) is 5.16 Å².